The predicted octanol–water partition coefficient (Wildman–Crippen LogP) is 1.44. The summed E-state index contributed by atoms with van der Waals surface area (Å²) in [5.74, 6) is 2.73. The Hall–Kier alpha value is -1.01. The van der Waals surface area contributed by atoms with Crippen LogP contribution in [-0.4, -0.2) is 24.0 Å². The second kappa shape index (κ2) is 5.91. The molecule has 1 heterocycles. The summed E-state index contributed by atoms with van der Waals surface area (Å²) in [4.78, 5) is 12.2. The first-order valence-electron chi connectivity index (χ1n) is 6.18. The molecule has 0 saturated carbocycles. The molecule has 16 heavy (non-hydrogen) atoms. The number of rotatable bonds is 5. The monoisotopic (exact) mass is 222 g/mol. The summed E-state index contributed by atoms with van der Waals surface area (Å²) in [5.41, 5.74) is -0.345. The number of carbonyl (C=O) groups is 1. The SMILES string of the molecule is C#CCC(CC)NC(=O)C1(CC)CCCN1. The molecule has 2 unspecified atom stereocenters. The van der Waals surface area contributed by atoms with Gasteiger partial charge in [-0.25, -0.2) is 0 Å². The molecular formula is C13H22N2O. The average molecular weight is 222 g/mol. The lowest BCUT2D eigenvalue weighted by Crippen LogP contribution is -2.55. The van der Waals surface area contributed by atoms with E-state index in [1.807, 2.05) is 6.92 Å². The number of hydrogen-bond donors (Lipinski definition) is 2. The fourth-order valence-electron chi connectivity index (χ4n) is 2.23. The van der Waals surface area contributed by atoms with Crippen LogP contribution in [0.25, 0.3) is 0 Å². The van der Waals surface area contributed by atoms with E-state index in [9.17, 15) is 4.79 Å². The van der Waals surface area contributed by atoms with Gasteiger partial charge >= 0.3 is 0 Å². The van der Waals surface area contributed by atoms with E-state index < -0.39 is 0 Å². The van der Waals surface area contributed by atoms with Crippen LogP contribution in [-0.2, 0) is 4.79 Å². The molecule has 1 aliphatic heterocycles. The van der Waals surface area contributed by atoms with Crippen LogP contribution in [0.2, 0.25) is 0 Å². The Morgan fingerprint density at radius 2 is 2.38 bits per heavy atom. The minimum Gasteiger partial charge on any atom is -0.351 e. The maximum atomic E-state index is 12.2. The van der Waals surface area contributed by atoms with E-state index in [1.54, 1.807) is 0 Å². The van der Waals surface area contributed by atoms with Gasteiger partial charge in [-0.3, -0.25) is 4.79 Å². The van der Waals surface area contributed by atoms with Crippen molar-refractivity contribution in [2.45, 2.75) is 57.5 Å². The van der Waals surface area contributed by atoms with Crippen molar-refractivity contribution in [1.82, 2.24) is 10.6 Å². The Bertz CT molecular complexity index is 274. The summed E-state index contributed by atoms with van der Waals surface area (Å²) in [5, 5.41) is 6.38. The van der Waals surface area contributed by atoms with Gasteiger partial charge in [0.15, 0.2) is 0 Å². The van der Waals surface area contributed by atoms with Crippen molar-refractivity contribution in [3.63, 3.8) is 0 Å². The van der Waals surface area contributed by atoms with Crippen LogP contribution in [0.1, 0.15) is 46.0 Å². The molecule has 0 aromatic heterocycles. The van der Waals surface area contributed by atoms with E-state index >= 15 is 0 Å². The van der Waals surface area contributed by atoms with E-state index in [0.29, 0.717) is 6.42 Å². The molecule has 0 spiro atoms. The van der Waals surface area contributed by atoms with Crippen LogP contribution in [0.5, 0.6) is 0 Å². The third kappa shape index (κ3) is 2.76. The molecule has 1 saturated heterocycles. The summed E-state index contributed by atoms with van der Waals surface area (Å²) < 4.78 is 0. The topological polar surface area (TPSA) is 41.1 Å². The van der Waals surface area contributed by atoms with Gasteiger partial charge in [0, 0.05) is 12.5 Å². The van der Waals surface area contributed by atoms with Gasteiger partial charge in [-0.15, -0.1) is 12.3 Å². The molecule has 3 heteroatoms. The summed E-state index contributed by atoms with van der Waals surface area (Å²) in [6, 6.07) is 0.114. The van der Waals surface area contributed by atoms with Gasteiger partial charge in [0.2, 0.25) is 5.91 Å². The number of terminal acetylenes is 1. The fourth-order valence-corrected chi connectivity index (χ4v) is 2.23. The maximum absolute atomic E-state index is 12.2. The number of nitrogens with one attached hydrogen (secondary N) is 2. The highest BCUT2D eigenvalue weighted by Gasteiger charge is 2.39. The molecule has 0 radical (unpaired) electrons. The molecular weight excluding hydrogens is 200 g/mol. The van der Waals surface area contributed by atoms with E-state index in [1.165, 1.54) is 0 Å². The molecule has 0 aromatic carbocycles. The Morgan fingerprint density at radius 3 is 2.81 bits per heavy atom. The lowest BCUT2D eigenvalue weighted by Gasteiger charge is -2.29. The maximum Gasteiger partial charge on any atom is 0.240 e. The summed E-state index contributed by atoms with van der Waals surface area (Å²) in [6.45, 7) is 5.04. The first-order chi connectivity index (χ1) is 7.68. The highest BCUT2D eigenvalue weighted by atomic mass is 16.2. The third-order valence-corrected chi connectivity index (χ3v) is 3.47. The second-order valence-corrected chi connectivity index (χ2v) is 4.45. The standard InChI is InChI=1S/C13H22N2O/c1-4-8-11(5-2)15-12(16)13(6-3)9-7-10-14-13/h1,11,14H,5-10H2,2-3H3,(H,15,16). The van der Waals surface area contributed by atoms with Crippen molar-refractivity contribution in [3.8, 4) is 12.3 Å². The van der Waals surface area contributed by atoms with Crippen LogP contribution in [0.15, 0.2) is 0 Å². The smallest absolute Gasteiger partial charge is 0.240 e. The van der Waals surface area contributed by atoms with Gasteiger partial charge in [-0.1, -0.05) is 13.8 Å². The lowest BCUT2D eigenvalue weighted by atomic mass is 9.92. The molecule has 0 bridgehead atoms. The Labute approximate surface area is 98.4 Å². The second-order valence-electron chi connectivity index (χ2n) is 4.45. The molecule has 1 fully saturated rings. The van der Waals surface area contributed by atoms with Crippen LogP contribution < -0.4 is 10.6 Å². The zero-order valence-electron chi connectivity index (χ0n) is 10.3. The first kappa shape index (κ1) is 13.1. The van der Waals surface area contributed by atoms with E-state index in [4.69, 9.17) is 6.42 Å². The molecule has 1 aliphatic rings. The van der Waals surface area contributed by atoms with Gasteiger partial charge in [0.25, 0.3) is 0 Å². The van der Waals surface area contributed by atoms with Crippen LogP contribution in [0.4, 0.5) is 0 Å². The predicted molar refractivity (Wildman–Crippen MR) is 65.9 cm³/mol. The molecule has 3 nitrogen and oxygen atoms in total. The number of hydrogen-bond acceptors (Lipinski definition) is 2. The number of carbonyl (C=O) groups excluding carboxylic acids is 1. The highest BCUT2D eigenvalue weighted by Crippen LogP contribution is 2.23. The summed E-state index contributed by atoms with van der Waals surface area (Å²) in [6.07, 6.45) is 9.63. The van der Waals surface area contributed by atoms with Gasteiger partial charge in [0.05, 0.1) is 5.54 Å². The van der Waals surface area contributed by atoms with Crippen molar-refractivity contribution in [1.29, 1.82) is 0 Å². The average Bonchev–Trinajstić information content (AvgIpc) is 2.78. The molecule has 2 N–H and O–H groups in total. The summed E-state index contributed by atoms with van der Waals surface area (Å²) in [7, 11) is 0. The van der Waals surface area contributed by atoms with Crippen molar-refractivity contribution in [2.24, 2.45) is 0 Å². The van der Waals surface area contributed by atoms with Crippen molar-refractivity contribution in [2.75, 3.05) is 6.54 Å². The van der Waals surface area contributed by atoms with Gasteiger partial charge in [-0.05, 0) is 32.2 Å². The third-order valence-electron chi connectivity index (χ3n) is 3.47. The fraction of sp³-hybridized carbons (Fsp3) is 0.769. The van der Waals surface area contributed by atoms with E-state index in [0.717, 1.165) is 32.2 Å². The zero-order chi connectivity index (χ0) is 12.0. The lowest BCUT2D eigenvalue weighted by molar-refractivity contribution is -0.128. The minimum absolute atomic E-state index is 0.114. The Morgan fingerprint density at radius 1 is 1.62 bits per heavy atom. The van der Waals surface area contributed by atoms with Crippen LogP contribution in [0.3, 0.4) is 0 Å². The van der Waals surface area contributed by atoms with Gasteiger partial charge < -0.3 is 10.6 Å². The quantitative estimate of drug-likeness (QED) is 0.691. The number of amides is 1. The van der Waals surface area contributed by atoms with Crippen molar-refractivity contribution >= 4 is 5.91 Å². The highest BCUT2D eigenvalue weighted by molar-refractivity contribution is 5.86. The Balaban J connectivity index is 2.59. The molecule has 2 atom stereocenters. The first-order valence-corrected chi connectivity index (χ1v) is 6.18. The van der Waals surface area contributed by atoms with Gasteiger partial charge in [0.1, 0.15) is 0 Å². The zero-order valence-corrected chi connectivity index (χ0v) is 10.3. The van der Waals surface area contributed by atoms with E-state index in [2.05, 4.69) is 23.5 Å². The summed E-state index contributed by atoms with van der Waals surface area (Å²) >= 11 is 0. The van der Waals surface area contributed by atoms with Gasteiger partial charge in [-0.2, -0.15) is 0 Å². The molecule has 0 aliphatic carbocycles. The van der Waals surface area contributed by atoms with E-state index in [-0.39, 0.29) is 17.5 Å². The Kier molecular flexibility index (Phi) is 4.82. The molecule has 0 aromatic rings. The molecule has 1 amide bonds. The molecule has 90 valence electrons. The normalized spacial score (nSPS) is 26.1. The van der Waals surface area contributed by atoms with Crippen molar-refractivity contribution in [3.05, 3.63) is 0 Å². The van der Waals surface area contributed by atoms with Crippen LogP contribution >= 0.6 is 0 Å². The molecule has 1 rings (SSSR count). The largest absolute Gasteiger partial charge is 0.351 e. The van der Waals surface area contributed by atoms with Crippen molar-refractivity contribution < 1.29 is 4.79 Å². The van der Waals surface area contributed by atoms with Crippen LogP contribution in [0, 0.1) is 12.3 Å². The minimum atomic E-state index is -0.345.